The van der Waals surface area contributed by atoms with Crippen molar-refractivity contribution in [3.63, 3.8) is 0 Å². The molecule has 2 aliphatic rings. The Morgan fingerprint density at radius 3 is 2.58 bits per heavy atom. The summed E-state index contributed by atoms with van der Waals surface area (Å²) in [6, 6.07) is 6.64. The van der Waals surface area contributed by atoms with Crippen LogP contribution in [0.25, 0.3) is 0 Å². The van der Waals surface area contributed by atoms with Crippen LogP contribution in [-0.4, -0.2) is 47.7 Å². The number of rotatable bonds is 7. The van der Waals surface area contributed by atoms with Crippen LogP contribution in [0.2, 0.25) is 5.02 Å². The maximum Gasteiger partial charge on any atom is 0.307 e. The molecule has 0 saturated heterocycles. The van der Waals surface area contributed by atoms with E-state index in [1.165, 1.54) is 30.7 Å². The fourth-order valence-electron chi connectivity index (χ4n) is 6.03. The van der Waals surface area contributed by atoms with Crippen LogP contribution in [0.3, 0.4) is 0 Å². The number of sulfone groups is 1. The summed E-state index contributed by atoms with van der Waals surface area (Å²) in [5, 5.41) is 15.7. The number of benzene rings is 2. The van der Waals surface area contributed by atoms with E-state index >= 15 is 0 Å². The molecule has 1 aromatic heterocycles. The number of amides is 2. The van der Waals surface area contributed by atoms with Crippen LogP contribution in [0.4, 0.5) is 14.5 Å². The number of nitrogens with zero attached hydrogens (tertiary/aromatic N) is 1. The molecule has 2 saturated carbocycles. The van der Waals surface area contributed by atoms with Gasteiger partial charge in [0, 0.05) is 23.9 Å². The summed E-state index contributed by atoms with van der Waals surface area (Å²) in [6.07, 6.45) is 3.44. The summed E-state index contributed by atoms with van der Waals surface area (Å²) in [7, 11) is -4.05. The second kappa shape index (κ2) is 10.6. The van der Waals surface area contributed by atoms with Gasteiger partial charge in [-0.05, 0) is 67.3 Å². The van der Waals surface area contributed by atoms with Gasteiger partial charge in [0.25, 0.3) is 11.8 Å². The van der Waals surface area contributed by atoms with Crippen molar-refractivity contribution >= 4 is 38.9 Å². The first-order chi connectivity index (χ1) is 18.9. The molecule has 5 rings (SSSR count). The SMILES string of the molecule is C[C@H]1CC2CC(S(=O)(=O)c3cc(C(=O)Nc4ccc(F)c(F)c4)ccc3Cl)CC1[C@@]2(O)CNC(=O)c1ncco1. The molecule has 0 radical (unpaired) electrons. The summed E-state index contributed by atoms with van der Waals surface area (Å²) in [6.45, 7) is 1.86. The third-order valence-electron chi connectivity index (χ3n) is 8.03. The molecule has 40 heavy (non-hydrogen) atoms. The van der Waals surface area contributed by atoms with E-state index < -0.39 is 56.0 Å². The van der Waals surface area contributed by atoms with Crippen LogP contribution in [0.1, 0.15) is 47.2 Å². The fourth-order valence-corrected chi connectivity index (χ4v) is 8.40. The molecule has 212 valence electrons. The quantitative estimate of drug-likeness (QED) is 0.373. The zero-order valence-corrected chi connectivity index (χ0v) is 22.8. The number of aromatic nitrogens is 1. The molecule has 0 spiro atoms. The fraction of sp³-hybridized carbons (Fsp3) is 0.370. The van der Waals surface area contributed by atoms with Gasteiger partial charge in [-0.25, -0.2) is 22.2 Å². The number of aliphatic hydroxyl groups is 1. The highest BCUT2D eigenvalue weighted by molar-refractivity contribution is 7.92. The molecule has 5 atom stereocenters. The summed E-state index contributed by atoms with van der Waals surface area (Å²) < 4.78 is 59.4. The minimum absolute atomic E-state index is 0.00229. The topological polar surface area (TPSA) is 139 Å². The maximum absolute atomic E-state index is 13.8. The average molecular weight is 594 g/mol. The smallest absolute Gasteiger partial charge is 0.307 e. The van der Waals surface area contributed by atoms with Crippen LogP contribution in [0.15, 0.2) is 58.2 Å². The Kier molecular flexibility index (Phi) is 7.45. The number of oxazole rings is 1. The molecule has 3 N–H and O–H groups in total. The highest BCUT2D eigenvalue weighted by Gasteiger charge is 2.58. The van der Waals surface area contributed by atoms with E-state index in [0.29, 0.717) is 6.42 Å². The first-order valence-corrected chi connectivity index (χ1v) is 14.5. The Hall–Kier alpha value is -3.35. The Bertz CT molecular complexity index is 1570. The summed E-state index contributed by atoms with van der Waals surface area (Å²) >= 11 is 6.30. The van der Waals surface area contributed by atoms with Crippen molar-refractivity contribution in [2.24, 2.45) is 17.8 Å². The zero-order chi connectivity index (χ0) is 28.8. The predicted molar refractivity (Wildman–Crippen MR) is 141 cm³/mol. The van der Waals surface area contributed by atoms with Crippen LogP contribution < -0.4 is 10.6 Å². The van der Waals surface area contributed by atoms with Gasteiger partial charge >= 0.3 is 5.91 Å². The number of carbonyl (C=O) groups is 2. The molecule has 2 amide bonds. The molecule has 2 aliphatic carbocycles. The number of nitrogens with one attached hydrogen (secondary N) is 2. The first kappa shape index (κ1) is 28.2. The summed E-state index contributed by atoms with van der Waals surface area (Å²) in [5.41, 5.74) is -1.36. The normalized spacial score (nSPS) is 25.9. The highest BCUT2D eigenvalue weighted by atomic mass is 35.5. The van der Waals surface area contributed by atoms with Gasteiger partial charge in [0.05, 0.1) is 27.0 Å². The lowest BCUT2D eigenvalue weighted by Crippen LogP contribution is -2.55. The lowest BCUT2D eigenvalue weighted by molar-refractivity contribution is -0.0600. The zero-order valence-electron chi connectivity index (χ0n) is 21.2. The maximum atomic E-state index is 13.8. The van der Waals surface area contributed by atoms with Gasteiger partial charge < -0.3 is 20.2 Å². The Morgan fingerprint density at radius 2 is 1.90 bits per heavy atom. The van der Waals surface area contributed by atoms with Crippen LogP contribution >= 0.6 is 11.6 Å². The molecule has 2 aromatic carbocycles. The minimum atomic E-state index is -4.05. The molecule has 13 heteroatoms. The Labute approximate surface area is 233 Å². The van der Waals surface area contributed by atoms with Crippen molar-refractivity contribution in [3.05, 3.63) is 77.0 Å². The molecular formula is C27H26ClF2N3O6S. The van der Waals surface area contributed by atoms with E-state index in [9.17, 15) is 31.9 Å². The van der Waals surface area contributed by atoms with E-state index in [1.54, 1.807) is 0 Å². The van der Waals surface area contributed by atoms with Gasteiger partial charge in [-0.2, -0.15) is 0 Å². The number of fused-ring (bicyclic) bond motifs is 2. The third-order valence-corrected chi connectivity index (χ3v) is 10.7. The number of halogens is 3. The highest BCUT2D eigenvalue weighted by Crippen LogP contribution is 2.54. The standard InChI is InChI=1S/C27H26ClF2N3O6S/c1-14-8-16-10-18(12-19(14)27(16,36)13-32-25(35)26-31-6-7-39-26)40(37,38)23-9-15(2-4-20(23)28)24(34)33-17-3-5-21(29)22(30)11-17/h2-7,9,11,14,16,18-19,36H,8,10,12-13H2,1H3,(H,32,35)(H,33,34)/t14-,16?,18?,19?,27+/m0/s1. The molecule has 2 fully saturated rings. The van der Waals surface area contributed by atoms with Crippen molar-refractivity contribution in [2.45, 2.75) is 41.9 Å². The lowest BCUT2D eigenvalue weighted by Gasteiger charge is -2.43. The van der Waals surface area contributed by atoms with Gasteiger partial charge in [0.1, 0.15) is 6.26 Å². The molecule has 0 aliphatic heterocycles. The first-order valence-electron chi connectivity index (χ1n) is 12.6. The van der Waals surface area contributed by atoms with E-state index in [1.807, 2.05) is 6.92 Å². The number of carbonyl (C=O) groups excluding carboxylic acids is 2. The Balaban J connectivity index is 1.34. The van der Waals surface area contributed by atoms with Gasteiger partial charge in [-0.1, -0.05) is 18.5 Å². The van der Waals surface area contributed by atoms with E-state index in [2.05, 4.69) is 15.6 Å². The van der Waals surface area contributed by atoms with Crippen LogP contribution in [0, 0.1) is 29.4 Å². The minimum Gasteiger partial charge on any atom is -0.441 e. The van der Waals surface area contributed by atoms with Crippen LogP contribution in [0.5, 0.6) is 0 Å². The number of hydrogen-bond donors (Lipinski definition) is 3. The third kappa shape index (κ3) is 5.11. The molecule has 3 aromatic rings. The van der Waals surface area contributed by atoms with Gasteiger partial charge in [0.15, 0.2) is 21.5 Å². The van der Waals surface area contributed by atoms with Crippen molar-refractivity contribution in [3.8, 4) is 0 Å². The lowest BCUT2D eigenvalue weighted by atomic mass is 9.73. The Morgan fingerprint density at radius 1 is 1.12 bits per heavy atom. The van der Waals surface area contributed by atoms with Crippen molar-refractivity contribution in [1.82, 2.24) is 10.3 Å². The summed E-state index contributed by atoms with van der Waals surface area (Å²) in [4.78, 5) is 28.7. The van der Waals surface area contributed by atoms with Gasteiger partial charge in [-0.15, -0.1) is 0 Å². The second-order valence-corrected chi connectivity index (χ2v) is 13.0. The summed E-state index contributed by atoms with van der Waals surface area (Å²) in [5.74, 6) is -4.49. The molecule has 9 nitrogen and oxygen atoms in total. The van der Waals surface area contributed by atoms with Crippen LogP contribution in [-0.2, 0) is 9.84 Å². The van der Waals surface area contributed by atoms with E-state index in [0.717, 1.165) is 18.2 Å². The molecule has 2 bridgehead atoms. The van der Waals surface area contributed by atoms with Crippen molar-refractivity contribution < 1.29 is 36.3 Å². The number of hydrogen-bond acceptors (Lipinski definition) is 7. The second-order valence-electron chi connectivity index (χ2n) is 10.4. The van der Waals surface area contributed by atoms with E-state index in [-0.39, 0.29) is 52.4 Å². The van der Waals surface area contributed by atoms with Gasteiger partial charge in [0.2, 0.25) is 0 Å². The van der Waals surface area contributed by atoms with Crippen molar-refractivity contribution in [2.75, 3.05) is 11.9 Å². The largest absolute Gasteiger partial charge is 0.441 e. The average Bonchev–Trinajstić information content (AvgIpc) is 3.47. The number of anilines is 1. The monoisotopic (exact) mass is 593 g/mol. The molecular weight excluding hydrogens is 568 g/mol. The molecule has 3 unspecified atom stereocenters. The van der Waals surface area contributed by atoms with E-state index in [4.69, 9.17) is 16.0 Å². The predicted octanol–water partition coefficient (Wildman–Crippen LogP) is 4.23. The molecule has 1 heterocycles. The van der Waals surface area contributed by atoms with Crippen molar-refractivity contribution in [1.29, 1.82) is 0 Å². The van der Waals surface area contributed by atoms with Gasteiger partial charge in [-0.3, -0.25) is 9.59 Å².